The van der Waals surface area contributed by atoms with Gasteiger partial charge in [-0.2, -0.15) is 0 Å². The van der Waals surface area contributed by atoms with Crippen LogP contribution in [0.15, 0.2) is 60.0 Å². The molecule has 0 fully saturated rings. The van der Waals surface area contributed by atoms with E-state index < -0.39 is 0 Å². The fraction of sp³-hybridized carbons (Fsp3) is 0.0556. The van der Waals surface area contributed by atoms with Crippen molar-refractivity contribution < 1.29 is 9.53 Å². The number of ether oxygens (including phenoxy) is 1. The maximum absolute atomic E-state index is 11.8. The summed E-state index contributed by atoms with van der Waals surface area (Å²) in [6, 6.07) is 18.1. The van der Waals surface area contributed by atoms with E-state index in [1.807, 2.05) is 36.4 Å². The van der Waals surface area contributed by atoms with E-state index >= 15 is 0 Å². The number of esters is 1. The number of thiophene rings is 1. The lowest BCUT2D eigenvalue weighted by molar-refractivity contribution is 0.0601. The van der Waals surface area contributed by atoms with Gasteiger partial charge in [-0.25, -0.2) is 4.79 Å². The minimum absolute atomic E-state index is 0.315. The Morgan fingerprint density at radius 1 is 1.00 bits per heavy atom. The molecule has 0 saturated heterocycles. The van der Waals surface area contributed by atoms with E-state index in [1.165, 1.54) is 12.5 Å². The zero-order valence-electron chi connectivity index (χ0n) is 11.9. The number of hydrogen-bond donors (Lipinski definition) is 0. The first kappa shape index (κ1) is 13.1. The lowest BCUT2D eigenvalue weighted by atomic mass is 10.1. The zero-order valence-corrected chi connectivity index (χ0v) is 12.8. The van der Waals surface area contributed by atoms with Crippen LogP contribution in [0, 0.1) is 0 Å². The van der Waals surface area contributed by atoms with Crippen molar-refractivity contribution >= 4 is 39.1 Å². The van der Waals surface area contributed by atoms with E-state index in [4.69, 9.17) is 4.74 Å². The molecule has 0 radical (unpaired) electrons. The monoisotopic (exact) mass is 307 g/mol. The van der Waals surface area contributed by atoms with E-state index in [2.05, 4.69) is 28.1 Å². The lowest BCUT2D eigenvalue weighted by Crippen LogP contribution is -2.01. The molecule has 108 valence electrons. The Hall–Kier alpha value is -2.59. The molecular formula is C18H13NO2S. The number of fused-ring (bicyclic) bond motifs is 3. The zero-order chi connectivity index (χ0) is 15.1. The minimum atomic E-state index is -0.315. The molecule has 22 heavy (non-hydrogen) atoms. The first-order valence-corrected chi connectivity index (χ1v) is 7.83. The second-order valence-electron chi connectivity index (χ2n) is 5.03. The largest absolute Gasteiger partial charge is 0.465 e. The molecule has 0 amide bonds. The Bertz CT molecular complexity index is 983. The van der Waals surface area contributed by atoms with Crippen LogP contribution in [0.1, 0.15) is 10.4 Å². The standard InChI is InChI=1S/C18H13NO2S/c1-21-18(20)12-8-9-14-13-5-2-3-6-15(13)19(16(14)11-12)17-7-4-10-22-17/h2-11H,1H3. The van der Waals surface area contributed by atoms with Gasteiger partial charge in [0, 0.05) is 10.8 Å². The van der Waals surface area contributed by atoms with Gasteiger partial charge in [0.15, 0.2) is 0 Å². The molecule has 0 unspecified atom stereocenters. The third-order valence-corrected chi connectivity index (χ3v) is 4.67. The summed E-state index contributed by atoms with van der Waals surface area (Å²) in [7, 11) is 1.40. The molecule has 4 heteroatoms. The SMILES string of the molecule is COC(=O)c1ccc2c3ccccc3n(-c3cccs3)c2c1. The maximum Gasteiger partial charge on any atom is 0.337 e. The number of methoxy groups -OCH3 is 1. The van der Waals surface area contributed by atoms with Crippen LogP contribution in [0.2, 0.25) is 0 Å². The van der Waals surface area contributed by atoms with Crippen LogP contribution in [0.25, 0.3) is 26.8 Å². The number of nitrogens with zero attached hydrogens (tertiary/aromatic N) is 1. The summed E-state index contributed by atoms with van der Waals surface area (Å²) in [4.78, 5) is 11.8. The van der Waals surface area contributed by atoms with Crippen LogP contribution in [-0.2, 0) is 4.74 Å². The molecule has 0 spiro atoms. The number of benzene rings is 2. The average Bonchev–Trinajstić information content (AvgIpc) is 3.18. The van der Waals surface area contributed by atoms with Crippen LogP contribution in [0.3, 0.4) is 0 Å². The van der Waals surface area contributed by atoms with Crippen LogP contribution in [0.5, 0.6) is 0 Å². The minimum Gasteiger partial charge on any atom is -0.465 e. The molecule has 0 saturated carbocycles. The Kier molecular flexibility index (Phi) is 2.98. The quantitative estimate of drug-likeness (QED) is 0.505. The first-order valence-electron chi connectivity index (χ1n) is 6.95. The predicted molar refractivity (Wildman–Crippen MR) is 90.0 cm³/mol. The highest BCUT2D eigenvalue weighted by Crippen LogP contribution is 2.33. The second-order valence-corrected chi connectivity index (χ2v) is 5.95. The molecular weight excluding hydrogens is 294 g/mol. The van der Waals surface area contributed by atoms with Crippen molar-refractivity contribution in [2.45, 2.75) is 0 Å². The van der Waals surface area contributed by atoms with Crippen molar-refractivity contribution in [2.75, 3.05) is 7.11 Å². The fourth-order valence-electron chi connectivity index (χ4n) is 2.85. The number of carbonyl (C=O) groups is 1. The van der Waals surface area contributed by atoms with Crippen LogP contribution in [0.4, 0.5) is 0 Å². The van der Waals surface area contributed by atoms with Gasteiger partial charge in [0.25, 0.3) is 0 Å². The van der Waals surface area contributed by atoms with Gasteiger partial charge in [-0.05, 0) is 35.7 Å². The van der Waals surface area contributed by atoms with Crippen molar-refractivity contribution in [2.24, 2.45) is 0 Å². The number of para-hydroxylation sites is 1. The highest BCUT2D eigenvalue weighted by Gasteiger charge is 2.15. The number of aromatic nitrogens is 1. The molecule has 4 rings (SSSR count). The molecule has 2 aromatic carbocycles. The summed E-state index contributed by atoms with van der Waals surface area (Å²) in [5.74, 6) is -0.315. The smallest absolute Gasteiger partial charge is 0.337 e. The van der Waals surface area contributed by atoms with Gasteiger partial charge in [0.2, 0.25) is 0 Å². The summed E-state index contributed by atoms with van der Waals surface area (Å²) < 4.78 is 7.04. The van der Waals surface area contributed by atoms with Crippen molar-refractivity contribution in [3.8, 4) is 5.00 Å². The Labute approximate surface area is 131 Å². The van der Waals surface area contributed by atoms with Crippen molar-refractivity contribution in [3.63, 3.8) is 0 Å². The molecule has 0 aliphatic heterocycles. The van der Waals surface area contributed by atoms with Crippen LogP contribution >= 0.6 is 11.3 Å². The summed E-state index contributed by atoms with van der Waals surface area (Å²) in [5.41, 5.74) is 2.73. The van der Waals surface area contributed by atoms with Gasteiger partial charge in [0.05, 0.1) is 28.7 Å². The van der Waals surface area contributed by atoms with E-state index in [-0.39, 0.29) is 5.97 Å². The van der Waals surface area contributed by atoms with Crippen molar-refractivity contribution in [1.82, 2.24) is 4.57 Å². The Balaban J connectivity index is 2.14. The summed E-state index contributed by atoms with van der Waals surface area (Å²) in [6.45, 7) is 0. The maximum atomic E-state index is 11.8. The molecule has 4 aromatic rings. The van der Waals surface area contributed by atoms with Gasteiger partial charge in [0.1, 0.15) is 0 Å². The molecule has 2 heterocycles. The fourth-order valence-corrected chi connectivity index (χ4v) is 3.61. The lowest BCUT2D eigenvalue weighted by Gasteiger charge is -2.05. The van der Waals surface area contributed by atoms with E-state index in [9.17, 15) is 4.79 Å². The highest BCUT2D eigenvalue weighted by molar-refractivity contribution is 7.12. The third kappa shape index (κ3) is 1.84. The number of hydrogen-bond acceptors (Lipinski definition) is 3. The summed E-state index contributed by atoms with van der Waals surface area (Å²) in [5, 5.41) is 5.51. The van der Waals surface area contributed by atoms with E-state index in [0.29, 0.717) is 5.56 Å². The van der Waals surface area contributed by atoms with Crippen molar-refractivity contribution in [3.05, 3.63) is 65.5 Å². The molecule has 0 aliphatic carbocycles. The normalized spacial score (nSPS) is 11.1. The molecule has 0 aliphatic rings. The first-order chi connectivity index (χ1) is 10.8. The van der Waals surface area contributed by atoms with Crippen LogP contribution < -0.4 is 0 Å². The third-order valence-electron chi connectivity index (χ3n) is 3.82. The predicted octanol–water partition coefficient (Wildman–Crippen LogP) is 4.63. The number of carbonyl (C=O) groups excluding carboxylic acids is 1. The van der Waals surface area contributed by atoms with E-state index in [1.54, 1.807) is 11.3 Å². The number of rotatable bonds is 2. The van der Waals surface area contributed by atoms with Crippen LogP contribution in [-0.4, -0.2) is 17.6 Å². The summed E-state index contributed by atoms with van der Waals surface area (Å²) in [6.07, 6.45) is 0. The van der Waals surface area contributed by atoms with Gasteiger partial charge in [-0.3, -0.25) is 0 Å². The molecule has 0 N–H and O–H groups in total. The average molecular weight is 307 g/mol. The Morgan fingerprint density at radius 3 is 2.59 bits per heavy atom. The summed E-state index contributed by atoms with van der Waals surface area (Å²) >= 11 is 1.68. The molecule has 3 nitrogen and oxygen atoms in total. The molecule has 2 aromatic heterocycles. The van der Waals surface area contributed by atoms with Gasteiger partial charge >= 0.3 is 5.97 Å². The van der Waals surface area contributed by atoms with Gasteiger partial charge < -0.3 is 9.30 Å². The van der Waals surface area contributed by atoms with Crippen molar-refractivity contribution in [1.29, 1.82) is 0 Å². The van der Waals surface area contributed by atoms with Gasteiger partial charge in [-0.15, -0.1) is 11.3 Å². The van der Waals surface area contributed by atoms with E-state index in [0.717, 1.165) is 21.4 Å². The molecule has 0 bridgehead atoms. The van der Waals surface area contributed by atoms with Gasteiger partial charge in [-0.1, -0.05) is 24.3 Å². The topological polar surface area (TPSA) is 31.2 Å². The Morgan fingerprint density at radius 2 is 1.82 bits per heavy atom. The highest BCUT2D eigenvalue weighted by atomic mass is 32.1. The molecule has 0 atom stereocenters. The second kappa shape index (κ2) is 5.00.